The molecule has 0 fully saturated rings. The van der Waals surface area contributed by atoms with Crippen LogP contribution >= 0.6 is 0 Å². The standard InChI is InChI=1S/C17H17NO2/c1-20-17-7-6-12(11-18-17)8-15(19)10-14-9-13-4-2-3-5-16(13)14/h2-7,11,14H,8-10H2,1H3. The molecule has 20 heavy (non-hydrogen) atoms. The van der Waals surface area contributed by atoms with Crippen LogP contribution < -0.4 is 4.74 Å². The molecule has 2 aromatic rings. The number of pyridine rings is 1. The first-order chi connectivity index (χ1) is 9.76. The molecule has 0 saturated heterocycles. The summed E-state index contributed by atoms with van der Waals surface area (Å²) in [7, 11) is 1.58. The summed E-state index contributed by atoms with van der Waals surface area (Å²) in [6, 6.07) is 12.1. The Morgan fingerprint density at radius 2 is 2.15 bits per heavy atom. The average molecular weight is 267 g/mol. The van der Waals surface area contributed by atoms with E-state index in [2.05, 4.69) is 23.2 Å². The number of hydrogen-bond donors (Lipinski definition) is 0. The van der Waals surface area contributed by atoms with Gasteiger partial charge in [0.1, 0.15) is 5.78 Å². The molecule has 3 nitrogen and oxygen atoms in total. The fraction of sp³-hybridized carbons (Fsp3) is 0.294. The third-order valence-corrected chi connectivity index (χ3v) is 3.84. The van der Waals surface area contributed by atoms with E-state index in [4.69, 9.17) is 4.74 Å². The third-order valence-electron chi connectivity index (χ3n) is 3.84. The van der Waals surface area contributed by atoms with E-state index in [1.54, 1.807) is 19.4 Å². The number of Topliss-reactive ketones (excluding diaryl/α,β-unsaturated/α-hetero) is 1. The lowest BCUT2D eigenvalue weighted by atomic mass is 9.75. The van der Waals surface area contributed by atoms with Gasteiger partial charge in [0, 0.05) is 25.1 Å². The lowest BCUT2D eigenvalue weighted by Gasteiger charge is -2.29. The number of nitrogens with zero attached hydrogens (tertiary/aromatic N) is 1. The van der Waals surface area contributed by atoms with Crippen molar-refractivity contribution in [2.75, 3.05) is 7.11 Å². The number of methoxy groups -OCH3 is 1. The van der Waals surface area contributed by atoms with Gasteiger partial charge in [-0.3, -0.25) is 4.79 Å². The maximum Gasteiger partial charge on any atom is 0.212 e. The Kier molecular flexibility index (Phi) is 3.50. The van der Waals surface area contributed by atoms with Crippen LogP contribution in [0.1, 0.15) is 29.0 Å². The first-order valence-corrected chi connectivity index (χ1v) is 6.84. The van der Waals surface area contributed by atoms with Crippen molar-refractivity contribution in [3.63, 3.8) is 0 Å². The molecule has 1 heterocycles. The van der Waals surface area contributed by atoms with Crippen LogP contribution in [-0.2, 0) is 17.6 Å². The van der Waals surface area contributed by atoms with Crippen LogP contribution in [0.5, 0.6) is 5.88 Å². The van der Waals surface area contributed by atoms with Crippen LogP contribution in [0.25, 0.3) is 0 Å². The van der Waals surface area contributed by atoms with Gasteiger partial charge in [0.05, 0.1) is 7.11 Å². The van der Waals surface area contributed by atoms with Gasteiger partial charge in [-0.25, -0.2) is 4.98 Å². The topological polar surface area (TPSA) is 39.2 Å². The van der Waals surface area contributed by atoms with Crippen LogP contribution in [0.4, 0.5) is 0 Å². The molecule has 0 radical (unpaired) electrons. The monoisotopic (exact) mass is 267 g/mol. The summed E-state index contributed by atoms with van der Waals surface area (Å²) in [5.41, 5.74) is 3.67. The van der Waals surface area contributed by atoms with E-state index in [0.29, 0.717) is 24.6 Å². The summed E-state index contributed by atoms with van der Waals surface area (Å²) in [4.78, 5) is 16.2. The molecule has 3 rings (SSSR count). The lowest BCUT2D eigenvalue weighted by molar-refractivity contribution is -0.118. The van der Waals surface area contributed by atoms with Gasteiger partial charge in [0.15, 0.2) is 0 Å². The molecule has 1 aromatic carbocycles. The molecule has 0 bridgehead atoms. The Morgan fingerprint density at radius 3 is 2.85 bits per heavy atom. The highest BCUT2D eigenvalue weighted by atomic mass is 16.5. The second-order valence-electron chi connectivity index (χ2n) is 5.23. The number of benzene rings is 1. The van der Waals surface area contributed by atoms with E-state index in [1.807, 2.05) is 12.1 Å². The number of rotatable bonds is 5. The molecule has 1 aromatic heterocycles. The number of hydrogen-bond acceptors (Lipinski definition) is 3. The van der Waals surface area contributed by atoms with Crippen molar-refractivity contribution in [3.05, 3.63) is 59.3 Å². The van der Waals surface area contributed by atoms with E-state index in [0.717, 1.165) is 12.0 Å². The summed E-state index contributed by atoms with van der Waals surface area (Å²) in [5.74, 6) is 1.26. The van der Waals surface area contributed by atoms with E-state index in [1.165, 1.54) is 11.1 Å². The molecule has 0 amide bonds. The van der Waals surface area contributed by atoms with Gasteiger partial charge in [0.2, 0.25) is 5.88 Å². The number of ether oxygens (including phenoxy) is 1. The van der Waals surface area contributed by atoms with E-state index in [-0.39, 0.29) is 5.78 Å². The fourth-order valence-corrected chi connectivity index (χ4v) is 2.76. The van der Waals surface area contributed by atoms with Crippen LogP contribution in [0.2, 0.25) is 0 Å². The Hall–Kier alpha value is -2.16. The minimum atomic E-state index is 0.275. The number of carbonyl (C=O) groups excluding carboxylic acids is 1. The molecular formula is C17H17NO2. The van der Waals surface area contributed by atoms with Crippen LogP contribution in [0, 0.1) is 0 Å². The van der Waals surface area contributed by atoms with Gasteiger partial charge in [-0.1, -0.05) is 30.3 Å². The number of carbonyl (C=O) groups is 1. The summed E-state index contributed by atoms with van der Waals surface area (Å²) in [6.07, 6.45) is 3.83. The molecular weight excluding hydrogens is 250 g/mol. The van der Waals surface area contributed by atoms with Crippen molar-refractivity contribution in [1.29, 1.82) is 0 Å². The lowest BCUT2D eigenvalue weighted by Crippen LogP contribution is -2.20. The van der Waals surface area contributed by atoms with Crippen molar-refractivity contribution >= 4 is 5.78 Å². The Balaban J connectivity index is 1.58. The van der Waals surface area contributed by atoms with Crippen molar-refractivity contribution in [2.45, 2.75) is 25.2 Å². The predicted molar refractivity (Wildman–Crippen MR) is 77.0 cm³/mol. The van der Waals surface area contributed by atoms with Crippen molar-refractivity contribution in [1.82, 2.24) is 4.98 Å². The molecule has 102 valence electrons. The molecule has 1 atom stereocenters. The molecule has 0 saturated carbocycles. The minimum Gasteiger partial charge on any atom is -0.481 e. The minimum absolute atomic E-state index is 0.275. The first kappa shape index (κ1) is 12.9. The largest absolute Gasteiger partial charge is 0.481 e. The van der Waals surface area contributed by atoms with Crippen molar-refractivity contribution in [3.8, 4) is 5.88 Å². The van der Waals surface area contributed by atoms with E-state index < -0.39 is 0 Å². The maximum atomic E-state index is 12.1. The summed E-state index contributed by atoms with van der Waals surface area (Å²) >= 11 is 0. The highest BCUT2D eigenvalue weighted by molar-refractivity contribution is 5.82. The first-order valence-electron chi connectivity index (χ1n) is 6.84. The second kappa shape index (κ2) is 5.45. The fourth-order valence-electron chi connectivity index (χ4n) is 2.76. The van der Waals surface area contributed by atoms with Crippen LogP contribution in [-0.4, -0.2) is 17.9 Å². The van der Waals surface area contributed by atoms with Crippen LogP contribution in [0.3, 0.4) is 0 Å². The number of ketones is 1. The molecule has 0 aliphatic heterocycles. The smallest absolute Gasteiger partial charge is 0.212 e. The van der Waals surface area contributed by atoms with Gasteiger partial charge in [-0.15, -0.1) is 0 Å². The normalized spacial score (nSPS) is 16.1. The average Bonchev–Trinajstić information content (AvgIpc) is 2.46. The maximum absolute atomic E-state index is 12.1. The summed E-state index contributed by atoms with van der Waals surface area (Å²) in [6.45, 7) is 0. The third kappa shape index (κ3) is 2.57. The molecule has 3 heteroatoms. The van der Waals surface area contributed by atoms with Gasteiger partial charge >= 0.3 is 0 Å². The van der Waals surface area contributed by atoms with Gasteiger partial charge in [0.25, 0.3) is 0 Å². The predicted octanol–water partition coefficient (Wildman–Crippen LogP) is 2.93. The second-order valence-corrected chi connectivity index (χ2v) is 5.23. The highest BCUT2D eigenvalue weighted by Gasteiger charge is 2.27. The molecule has 1 unspecified atom stereocenters. The zero-order valence-electron chi connectivity index (χ0n) is 11.5. The van der Waals surface area contributed by atoms with E-state index in [9.17, 15) is 4.79 Å². The molecule has 1 aliphatic carbocycles. The quantitative estimate of drug-likeness (QED) is 0.836. The Bertz CT molecular complexity index is 619. The zero-order valence-corrected chi connectivity index (χ0v) is 11.5. The Morgan fingerprint density at radius 1 is 1.30 bits per heavy atom. The SMILES string of the molecule is COc1ccc(CC(=O)CC2Cc3ccccc32)cn1. The number of aromatic nitrogens is 1. The molecule has 1 aliphatic rings. The zero-order chi connectivity index (χ0) is 13.9. The van der Waals surface area contributed by atoms with E-state index >= 15 is 0 Å². The molecule has 0 spiro atoms. The van der Waals surface area contributed by atoms with Crippen molar-refractivity contribution < 1.29 is 9.53 Å². The van der Waals surface area contributed by atoms with Gasteiger partial charge in [-0.2, -0.15) is 0 Å². The summed E-state index contributed by atoms with van der Waals surface area (Å²) < 4.78 is 5.01. The van der Waals surface area contributed by atoms with Crippen LogP contribution in [0.15, 0.2) is 42.6 Å². The summed E-state index contributed by atoms with van der Waals surface area (Å²) in [5, 5.41) is 0. The number of fused-ring (bicyclic) bond motifs is 1. The van der Waals surface area contributed by atoms with Crippen molar-refractivity contribution in [2.24, 2.45) is 0 Å². The molecule has 0 N–H and O–H groups in total. The Labute approximate surface area is 118 Å². The highest BCUT2D eigenvalue weighted by Crippen LogP contribution is 2.37. The van der Waals surface area contributed by atoms with Gasteiger partial charge < -0.3 is 4.74 Å². The van der Waals surface area contributed by atoms with Gasteiger partial charge in [-0.05, 0) is 29.0 Å².